The minimum absolute atomic E-state index is 0.0574. The molecule has 1 amide bonds. The summed E-state index contributed by atoms with van der Waals surface area (Å²) < 4.78 is 0.979. The number of aryl methyl sites for hydroxylation is 1. The van der Waals surface area contributed by atoms with Crippen LogP contribution >= 0.6 is 23.1 Å². The number of thioether (sulfide) groups is 1. The first-order chi connectivity index (χ1) is 8.96. The molecule has 0 aliphatic heterocycles. The fourth-order valence-corrected chi connectivity index (χ4v) is 3.46. The maximum Gasteiger partial charge on any atom is 0.231 e. The average Bonchev–Trinajstić information content (AvgIpc) is 2.72. The highest BCUT2D eigenvalue weighted by Gasteiger charge is 2.25. The normalized spacial score (nSPS) is 11.1. The van der Waals surface area contributed by atoms with Crippen molar-refractivity contribution in [2.45, 2.75) is 43.4 Å². The van der Waals surface area contributed by atoms with Crippen molar-refractivity contribution in [2.75, 3.05) is 11.5 Å². The number of rotatable bonds is 6. The maximum atomic E-state index is 12.0. The highest BCUT2D eigenvalue weighted by atomic mass is 32.2. The van der Waals surface area contributed by atoms with Gasteiger partial charge in [-0.15, -0.1) is 18.2 Å². The molecule has 0 aliphatic rings. The molecule has 1 aromatic heterocycles. The number of carbonyl (C=O) groups is 1. The monoisotopic (exact) mass is 297 g/mol. The van der Waals surface area contributed by atoms with Crippen LogP contribution in [0.3, 0.4) is 0 Å². The van der Waals surface area contributed by atoms with Crippen LogP contribution in [0.25, 0.3) is 0 Å². The van der Waals surface area contributed by atoms with E-state index in [1.807, 2.05) is 20.8 Å². The van der Waals surface area contributed by atoms with Gasteiger partial charge in [-0.1, -0.05) is 31.1 Å². The molecule has 0 aromatic carbocycles. The number of nitrogens with zero attached hydrogens (tertiary/aromatic N) is 1. The van der Waals surface area contributed by atoms with Crippen LogP contribution in [-0.2, 0) is 4.79 Å². The number of amides is 1. The lowest BCUT2D eigenvalue weighted by Gasteiger charge is -2.26. The molecule has 19 heavy (non-hydrogen) atoms. The van der Waals surface area contributed by atoms with Gasteiger partial charge in [0.15, 0.2) is 5.13 Å². The SMILES string of the molecule is C#CC(CC)(CC)NC(=O)CSc1sc(N)nc1C. The lowest BCUT2D eigenvalue weighted by Crippen LogP contribution is -2.47. The highest BCUT2D eigenvalue weighted by molar-refractivity contribution is 8.01. The van der Waals surface area contributed by atoms with Gasteiger partial charge in [-0.25, -0.2) is 4.98 Å². The lowest BCUT2D eigenvalue weighted by molar-refractivity contribution is -0.119. The minimum Gasteiger partial charge on any atom is -0.375 e. The molecular weight excluding hydrogens is 278 g/mol. The van der Waals surface area contributed by atoms with Crippen molar-refractivity contribution >= 4 is 34.1 Å². The molecule has 1 rings (SSSR count). The predicted octanol–water partition coefficient (Wildman–Crippen LogP) is 2.43. The zero-order chi connectivity index (χ0) is 14.5. The number of nitrogens with two attached hydrogens (primary N) is 1. The van der Waals surface area contributed by atoms with Crippen molar-refractivity contribution in [1.29, 1.82) is 0 Å². The van der Waals surface area contributed by atoms with Gasteiger partial charge in [0.25, 0.3) is 0 Å². The van der Waals surface area contributed by atoms with E-state index in [9.17, 15) is 4.79 Å². The molecule has 0 atom stereocenters. The Bertz CT molecular complexity index is 487. The lowest BCUT2D eigenvalue weighted by atomic mass is 9.94. The molecule has 0 unspecified atom stereocenters. The van der Waals surface area contributed by atoms with E-state index in [4.69, 9.17) is 12.2 Å². The van der Waals surface area contributed by atoms with E-state index in [0.717, 1.165) is 22.7 Å². The number of nitrogen functional groups attached to an aromatic ring is 1. The summed E-state index contributed by atoms with van der Waals surface area (Å²) in [4.78, 5) is 16.1. The van der Waals surface area contributed by atoms with Gasteiger partial charge in [-0.05, 0) is 19.8 Å². The van der Waals surface area contributed by atoms with Crippen LogP contribution in [0.4, 0.5) is 5.13 Å². The van der Waals surface area contributed by atoms with E-state index >= 15 is 0 Å². The second kappa shape index (κ2) is 6.83. The Morgan fingerprint density at radius 3 is 2.63 bits per heavy atom. The zero-order valence-electron chi connectivity index (χ0n) is 11.4. The third kappa shape index (κ3) is 4.15. The van der Waals surface area contributed by atoms with Crippen LogP contribution in [-0.4, -0.2) is 22.2 Å². The molecule has 1 aromatic rings. The molecule has 0 aliphatic carbocycles. The molecule has 0 bridgehead atoms. The van der Waals surface area contributed by atoms with Gasteiger partial charge >= 0.3 is 0 Å². The third-order valence-electron chi connectivity index (χ3n) is 2.97. The molecule has 0 saturated carbocycles. The van der Waals surface area contributed by atoms with Crippen LogP contribution in [0.15, 0.2) is 4.21 Å². The van der Waals surface area contributed by atoms with Gasteiger partial charge in [0.1, 0.15) is 5.54 Å². The van der Waals surface area contributed by atoms with Crippen molar-refractivity contribution in [3.63, 3.8) is 0 Å². The van der Waals surface area contributed by atoms with Crippen molar-refractivity contribution in [2.24, 2.45) is 0 Å². The average molecular weight is 297 g/mol. The van der Waals surface area contributed by atoms with Crippen LogP contribution in [0.1, 0.15) is 32.4 Å². The van der Waals surface area contributed by atoms with Crippen LogP contribution in [0, 0.1) is 19.3 Å². The van der Waals surface area contributed by atoms with E-state index in [2.05, 4.69) is 16.2 Å². The first-order valence-electron chi connectivity index (χ1n) is 6.10. The molecule has 0 saturated heterocycles. The molecule has 1 heterocycles. The highest BCUT2D eigenvalue weighted by Crippen LogP contribution is 2.30. The summed E-state index contributed by atoms with van der Waals surface area (Å²) in [5.74, 6) is 2.96. The number of anilines is 1. The van der Waals surface area contributed by atoms with Gasteiger partial charge in [0.2, 0.25) is 5.91 Å². The molecule has 6 heteroatoms. The molecule has 104 valence electrons. The Kier molecular flexibility index (Phi) is 5.70. The van der Waals surface area contributed by atoms with Crippen molar-refractivity contribution in [3.8, 4) is 12.3 Å². The number of aromatic nitrogens is 1. The summed E-state index contributed by atoms with van der Waals surface area (Å²) in [6, 6.07) is 0. The first-order valence-corrected chi connectivity index (χ1v) is 7.91. The van der Waals surface area contributed by atoms with Crippen LogP contribution in [0.5, 0.6) is 0 Å². The summed E-state index contributed by atoms with van der Waals surface area (Å²) in [5, 5.41) is 3.46. The van der Waals surface area contributed by atoms with Gasteiger partial charge in [-0.2, -0.15) is 0 Å². The van der Waals surface area contributed by atoms with Gasteiger partial charge < -0.3 is 11.1 Å². The predicted molar refractivity (Wildman–Crippen MR) is 82.3 cm³/mol. The number of terminal acetylenes is 1. The number of hydrogen-bond donors (Lipinski definition) is 2. The second-order valence-electron chi connectivity index (χ2n) is 4.20. The standard InChI is InChI=1S/C13H19N3OS2/c1-5-13(6-2,7-3)16-10(17)8-18-11-9(4)15-12(14)19-11/h1H,6-8H2,2-4H3,(H2,14,15)(H,16,17). The van der Waals surface area contributed by atoms with Crippen LogP contribution < -0.4 is 11.1 Å². The summed E-state index contributed by atoms with van der Waals surface area (Å²) >= 11 is 2.84. The molecular formula is C13H19N3OS2. The zero-order valence-corrected chi connectivity index (χ0v) is 13.1. The van der Waals surface area contributed by atoms with Crippen molar-refractivity contribution < 1.29 is 4.79 Å². The van der Waals surface area contributed by atoms with E-state index in [1.165, 1.54) is 23.1 Å². The largest absolute Gasteiger partial charge is 0.375 e. The Morgan fingerprint density at radius 1 is 1.58 bits per heavy atom. The minimum atomic E-state index is -0.528. The Labute approximate surface area is 122 Å². The quantitative estimate of drug-likeness (QED) is 0.625. The van der Waals surface area contributed by atoms with Gasteiger partial charge in [-0.3, -0.25) is 4.79 Å². The Hall–Kier alpha value is -1.19. The molecule has 4 nitrogen and oxygen atoms in total. The Balaban J connectivity index is 2.57. The molecule has 0 fully saturated rings. The van der Waals surface area contributed by atoms with Gasteiger partial charge in [0.05, 0.1) is 15.7 Å². The summed E-state index contributed by atoms with van der Waals surface area (Å²) in [5.41, 5.74) is 5.96. The van der Waals surface area contributed by atoms with E-state index < -0.39 is 5.54 Å². The number of thiazole rings is 1. The van der Waals surface area contributed by atoms with Gasteiger partial charge in [0, 0.05) is 0 Å². The number of nitrogens with one attached hydrogen (secondary N) is 1. The summed E-state index contributed by atoms with van der Waals surface area (Å²) in [6.07, 6.45) is 6.97. The van der Waals surface area contributed by atoms with Crippen molar-refractivity contribution in [1.82, 2.24) is 10.3 Å². The van der Waals surface area contributed by atoms with E-state index in [0.29, 0.717) is 10.9 Å². The molecule has 3 N–H and O–H groups in total. The second-order valence-corrected chi connectivity index (χ2v) is 6.47. The third-order valence-corrected chi connectivity index (χ3v) is 5.32. The number of hydrogen-bond acceptors (Lipinski definition) is 5. The van der Waals surface area contributed by atoms with Crippen molar-refractivity contribution in [3.05, 3.63) is 5.69 Å². The maximum absolute atomic E-state index is 12.0. The first kappa shape index (κ1) is 15.9. The number of carbonyl (C=O) groups excluding carboxylic acids is 1. The van der Waals surface area contributed by atoms with E-state index in [1.54, 1.807) is 0 Å². The van der Waals surface area contributed by atoms with Crippen LogP contribution in [0.2, 0.25) is 0 Å². The van der Waals surface area contributed by atoms with E-state index in [-0.39, 0.29) is 5.91 Å². The summed E-state index contributed by atoms with van der Waals surface area (Å²) in [7, 11) is 0. The Morgan fingerprint density at radius 2 is 2.21 bits per heavy atom. The smallest absolute Gasteiger partial charge is 0.231 e. The topological polar surface area (TPSA) is 68.0 Å². The fraction of sp³-hybridized carbons (Fsp3) is 0.538. The fourth-order valence-electron chi connectivity index (χ4n) is 1.64. The molecule has 0 spiro atoms. The summed E-state index contributed by atoms with van der Waals surface area (Å²) in [6.45, 7) is 5.84. The molecule has 0 radical (unpaired) electrons.